The first kappa shape index (κ1) is 15.9. The van der Waals surface area contributed by atoms with Crippen LogP contribution < -0.4 is 5.73 Å². The van der Waals surface area contributed by atoms with Gasteiger partial charge in [0.1, 0.15) is 11.8 Å². The van der Waals surface area contributed by atoms with E-state index in [1.54, 1.807) is 6.26 Å². The van der Waals surface area contributed by atoms with Crippen molar-refractivity contribution >= 4 is 29.3 Å². The van der Waals surface area contributed by atoms with Gasteiger partial charge in [-0.05, 0) is 24.8 Å². The number of furan rings is 1. The van der Waals surface area contributed by atoms with Crippen molar-refractivity contribution in [2.75, 3.05) is 13.1 Å². The fraction of sp³-hybridized carbons (Fsp3) is 0.438. The Morgan fingerprint density at radius 1 is 1.43 bits per heavy atom. The van der Waals surface area contributed by atoms with Gasteiger partial charge < -0.3 is 15.1 Å². The Balaban J connectivity index is 0.00000161. The van der Waals surface area contributed by atoms with Crippen LogP contribution >= 0.6 is 12.4 Å². The molecule has 1 aliphatic heterocycles. The average molecular weight is 309 g/mol. The summed E-state index contributed by atoms with van der Waals surface area (Å²) in [7, 11) is 0. The average Bonchev–Trinajstić information content (AvgIpc) is 2.90. The van der Waals surface area contributed by atoms with Gasteiger partial charge in [0.15, 0.2) is 0 Å². The number of halogens is 1. The van der Waals surface area contributed by atoms with Gasteiger partial charge in [0.2, 0.25) is 0 Å². The van der Waals surface area contributed by atoms with Crippen LogP contribution in [0, 0.1) is 5.92 Å². The van der Waals surface area contributed by atoms with Gasteiger partial charge in [-0.3, -0.25) is 4.79 Å². The lowest BCUT2D eigenvalue weighted by Gasteiger charge is -2.37. The number of fused-ring (bicyclic) bond motifs is 1. The summed E-state index contributed by atoms with van der Waals surface area (Å²) in [5.74, 6) is 0.672. The van der Waals surface area contributed by atoms with E-state index >= 15 is 0 Å². The summed E-state index contributed by atoms with van der Waals surface area (Å²) in [6, 6.07) is 7.78. The van der Waals surface area contributed by atoms with E-state index in [-0.39, 0.29) is 24.4 Å². The van der Waals surface area contributed by atoms with Crippen LogP contribution in [0.1, 0.15) is 30.1 Å². The van der Waals surface area contributed by atoms with Crippen molar-refractivity contribution in [3.8, 4) is 0 Å². The minimum Gasteiger partial charge on any atom is -0.463 e. The fourth-order valence-electron chi connectivity index (χ4n) is 3.04. The molecule has 0 radical (unpaired) electrons. The quantitative estimate of drug-likeness (QED) is 0.927. The molecule has 0 spiro atoms. The number of amides is 1. The van der Waals surface area contributed by atoms with Crippen molar-refractivity contribution in [2.45, 2.75) is 25.8 Å². The van der Waals surface area contributed by atoms with Crippen LogP contribution in [0.4, 0.5) is 0 Å². The molecule has 1 amide bonds. The van der Waals surface area contributed by atoms with Crippen molar-refractivity contribution in [2.24, 2.45) is 11.7 Å². The number of hydrogen-bond donors (Lipinski definition) is 1. The van der Waals surface area contributed by atoms with E-state index in [0.29, 0.717) is 18.0 Å². The predicted octanol–water partition coefficient (Wildman–Crippen LogP) is 3.05. The summed E-state index contributed by atoms with van der Waals surface area (Å²) in [5, 5.41) is 0.881. The third-order valence-electron chi connectivity index (χ3n) is 4.22. The number of para-hydroxylation sites is 1. The number of rotatable bonds is 2. The molecule has 21 heavy (non-hydrogen) atoms. The number of hydrogen-bond acceptors (Lipinski definition) is 3. The number of piperidine rings is 1. The van der Waals surface area contributed by atoms with Gasteiger partial charge in [0.05, 0.1) is 5.56 Å². The second-order valence-corrected chi connectivity index (χ2v) is 5.66. The lowest BCUT2D eigenvalue weighted by molar-refractivity contribution is 0.0574. The first-order valence-corrected chi connectivity index (χ1v) is 7.18. The molecule has 2 unspecified atom stereocenters. The number of carbonyl (C=O) groups excluding carboxylic acids is 1. The maximum atomic E-state index is 12.8. The van der Waals surface area contributed by atoms with Crippen LogP contribution in [0.25, 0.3) is 11.0 Å². The number of nitrogens with zero attached hydrogens (tertiary/aromatic N) is 1. The SMILES string of the molecule is CC1CCN(C(=O)c2coc3ccccc23)C(CN)C1.Cl. The molecule has 0 aliphatic carbocycles. The van der Waals surface area contributed by atoms with Crippen molar-refractivity contribution in [3.63, 3.8) is 0 Å². The van der Waals surface area contributed by atoms with Crippen LogP contribution in [0.2, 0.25) is 0 Å². The number of benzene rings is 1. The Kier molecular flexibility index (Phi) is 4.91. The molecule has 1 aliphatic rings. The topological polar surface area (TPSA) is 59.5 Å². The zero-order valence-corrected chi connectivity index (χ0v) is 12.9. The molecule has 1 aromatic heterocycles. The van der Waals surface area contributed by atoms with Crippen LogP contribution in [0.15, 0.2) is 34.9 Å². The molecule has 5 heteroatoms. The van der Waals surface area contributed by atoms with Gasteiger partial charge in [-0.2, -0.15) is 0 Å². The largest absolute Gasteiger partial charge is 0.463 e. The number of nitrogens with two attached hydrogens (primary N) is 1. The second kappa shape index (κ2) is 6.50. The van der Waals surface area contributed by atoms with Gasteiger partial charge in [-0.15, -0.1) is 12.4 Å². The molecule has 2 N–H and O–H groups in total. The third kappa shape index (κ3) is 2.92. The zero-order chi connectivity index (χ0) is 14.1. The molecule has 0 bridgehead atoms. The van der Waals surface area contributed by atoms with Gasteiger partial charge in [-0.25, -0.2) is 0 Å². The second-order valence-electron chi connectivity index (χ2n) is 5.66. The lowest BCUT2D eigenvalue weighted by atomic mass is 9.92. The Labute approximate surface area is 130 Å². The summed E-state index contributed by atoms with van der Waals surface area (Å²) in [6.45, 7) is 3.52. The maximum absolute atomic E-state index is 12.8. The molecule has 0 saturated carbocycles. The Morgan fingerprint density at radius 3 is 2.95 bits per heavy atom. The van der Waals surface area contributed by atoms with E-state index in [1.807, 2.05) is 29.2 Å². The van der Waals surface area contributed by atoms with Gasteiger partial charge >= 0.3 is 0 Å². The molecule has 4 nitrogen and oxygen atoms in total. The van der Waals surface area contributed by atoms with E-state index in [1.165, 1.54) is 0 Å². The monoisotopic (exact) mass is 308 g/mol. The van der Waals surface area contributed by atoms with E-state index in [0.717, 1.165) is 30.4 Å². The summed E-state index contributed by atoms with van der Waals surface area (Å²) < 4.78 is 5.47. The van der Waals surface area contributed by atoms with E-state index in [4.69, 9.17) is 10.2 Å². The Hall–Kier alpha value is -1.52. The van der Waals surface area contributed by atoms with E-state index in [2.05, 4.69) is 6.92 Å². The molecule has 2 heterocycles. The molecular formula is C16H21ClN2O2. The molecule has 2 aromatic rings. The van der Waals surface area contributed by atoms with Crippen molar-refractivity contribution < 1.29 is 9.21 Å². The van der Waals surface area contributed by atoms with Crippen LogP contribution in [-0.4, -0.2) is 29.9 Å². The minimum absolute atomic E-state index is 0. The Bertz CT molecular complexity index is 626. The van der Waals surface area contributed by atoms with Gasteiger partial charge in [-0.1, -0.05) is 25.1 Å². The van der Waals surface area contributed by atoms with E-state index in [9.17, 15) is 4.79 Å². The lowest BCUT2D eigenvalue weighted by Crippen LogP contribution is -2.49. The van der Waals surface area contributed by atoms with Gasteiger partial charge in [0.25, 0.3) is 5.91 Å². The minimum atomic E-state index is 0. The van der Waals surface area contributed by atoms with Crippen LogP contribution in [0.3, 0.4) is 0 Å². The summed E-state index contributed by atoms with van der Waals surface area (Å²) in [5.41, 5.74) is 7.24. The number of carbonyl (C=O) groups is 1. The summed E-state index contributed by atoms with van der Waals surface area (Å²) >= 11 is 0. The zero-order valence-electron chi connectivity index (χ0n) is 12.1. The molecule has 1 fully saturated rings. The van der Waals surface area contributed by atoms with Crippen molar-refractivity contribution in [1.82, 2.24) is 4.90 Å². The van der Waals surface area contributed by atoms with E-state index < -0.39 is 0 Å². The first-order chi connectivity index (χ1) is 9.70. The van der Waals surface area contributed by atoms with Crippen LogP contribution in [-0.2, 0) is 0 Å². The molecule has 1 aromatic carbocycles. The highest BCUT2D eigenvalue weighted by Crippen LogP contribution is 2.27. The van der Waals surface area contributed by atoms with Crippen molar-refractivity contribution in [3.05, 3.63) is 36.1 Å². The number of likely N-dealkylation sites (tertiary alicyclic amines) is 1. The highest BCUT2D eigenvalue weighted by atomic mass is 35.5. The molecule has 1 saturated heterocycles. The molecule has 114 valence electrons. The fourth-order valence-corrected chi connectivity index (χ4v) is 3.04. The maximum Gasteiger partial charge on any atom is 0.258 e. The normalized spacial score (nSPS) is 22.1. The van der Waals surface area contributed by atoms with Gasteiger partial charge in [0, 0.05) is 24.5 Å². The highest BCUT2D eigenvalue weighted by Gasteiger charge is 2.30. The highest BCUT2D eigenvalue weighted by molar-refractivity contribution is 6.06. The predicted molar refractivity (Wildman–Crippen MR) is 85.7 cm³/mol. The van der Waals surface area contributed by atoms with Crippen LogP contribution in [0.5, 0.6) is 0 Å². The molecule has 2 atom stereocenters. The first-order valence-electron chi connectivity index (χ1n) is 7.18. The standard InChI is InChI=1S/C16H20N2O2.ClH/c1-11-6-7-18(12(8-11)9-17)16(19)14-10-20-15-5-3-2-4-13(14)15;/h2-5,10-12H,6-9,17H2,1H3;1H. The van der Waals surface area contributed by atoms with Crippen molar-refractivity contribution in [1.29, 1.82) is 0 Å². The summed E-state index contributed by atoms with van der Waals surface area (Å²) in [6.07, 6.45) is 3.59. The molecule has 3 rings (SSSR count). The smallest absolute Gasteiger partial charge is 0.258 e. The molecular weight excluding hydrogens is 288 g/mol. The Morgan fingerprint density at radius 2 is 2.19 bits per heavy atom. The summed E-state index contributed by atoms with van der Waals surface area (Å²) in [4.78, 5) is 14.7. The third-order valence-corrected chi connectivity index (χ3v) is 4.22.